The number of nitro benzene ring substituents is 2. The number of halogens is 12. The highest BCUT2D eigenvalue weighted by Gasteiger charge is 2.46. The average Bonchev–Trinajstić information content (AvgIpc) is 2.99. The standard InChI is InChI=1S/C31H18F12N2O6/c1-27(2,15-3-7-19(8-4-15)50-25-21(28(32,33)34)11-17(44(46)47)12-22(25)29(35,36)37)16-5-9-20(10-6-16)51-26-23(30(38,39)40)13-18(45(48)49)14-24(26)31(41,42)43/h3-14H,1-2H3. The van der Waals surface area contributed by atoms with Gasteiger partial charge in [0.2, 0.25) is 0 Å². The second kappa shape index (κ2) is 13.0. The summed E-state index contributed by atoms with van der Waals surface area (Å²) in [7, 11) is 0. The van der Waals surface area contributed by atoms with Gasteiger partial charge >= 0.3 is 24.7 Å². The number of hydrogen-bond donors (Lipinski definition) is 0. The summed E-state index contributed by atoms with van der Waals surface area (Å²) in [6, 6.07) is 8.56. The molecule has 4 aromatic rings. The van der Waals surface area contributed by atoms with E-state index in [1.165, 1.54) is 24.3 Å². The van der Waals surface area contributed by atoms with E-state index in [-0.39, 0.29) is 24.3 Å². The molecule has 8 nitrogen and oxygen atoms in total. The zero-order valence-corrected chi connectivity index (χ0v) is 25.3. The summed E-state index contributed by atoms with van der Waals surface area (Å²) >= 11 is 0. The van der Waals surface area contributed by atoms with Gasteiger partial charge in [0.05, 0.1) is 9.85 Å². The lowest BCUT2D eigenvalue weighted by Gasteiger charge is -2.27. The predicted octanol–water partition coefficient (Wildman–Crippen LogP) is 11.5. The molecule has 0 fully saturated rings. The van der Waals surface area contributed by atoms with E-state index in [0.717, 1.165) is 24.3 Å². The molecule has 0 aliphatic rings. The third-order valence-corrected chi connectivity index (χ3v) is 7.38. The van der Waals surface area contributed by atoms with Gasteiger partial charge in [-0.25, -0.2) is 0 Å². The van der Waals surface area contributed by atoms with Crippen LogP contribution in [0, 0.1) is 20.2 Å². The van der Waals surface area contributed by atoms with Gasteiger partial charge in [0.1, 0.15) is 33.8 Å². The van der Waals surface area contributed by atoms with Gasteiger partial charge in [-0.05, 0) is 35.4 Å². The second-order valence-corrected chi connectivity index (χ2v) is 11.1. The molecule has 4 rings (SSSR count). The van der Waals surface area contributed by atoms with Gasteiger partial charge in [-0.2, -0.15) is 52.7 Å². The topological polar surface area (TPSA) is 105 Å². The van der Waals surface area contributed by atoms with Gasteiger partial charge in [0, 0.05) is 29.7 Å². The first kappa shape index (κ1) is 38.2. The number of nitro groups is 2. The molecule has 272 valence electrons. The van der Waals surface area contributed by atoms with Gasteiger partial charge in [-0.15, -0.1) is 0 Å². The van der Waals surface area contributed by atoms with Crippen LogP contribution in [0.25, 0.3) is 0 Å². The normalized spacial score (nSPS) is 12.8. The number of nitrogens with zero attached hydrogens (tertiary/aromatic N) is 2. The molecule has 0 amide bonds. The first-order valence-corrected chi connectivity index (χ1v) is 13.7. The second-order valence-electron chi connectivity index (χ2n) is 11.1. The van der Waals surface area contributed by atoms with E-state index in [9.17, 15) is 72.9 Å². The Morgan fingerprint density at radius 2 is 0.706 bits per heavy atom. The van der Waals surface area contributed by atoms with Crippen LogP contribution in [-0.4, -0.2) is 9.85 Å². The molecule has 0 aromatic heterocycles. The van der Waals surface area contributed by atoms with Crippen LogP contribution in [-0.2, 0) is 30.1 Å². The minimum Gasteiger partial charge on any atom is -0.456 e. The SMILES string of the molecule is CC(C)(c1ccc(Oc2c(C(F)(F)F)cc([N+](=O)[O-])cc2C(F)(F)F)cc1)c1ccc(Oc2c(C(F)(F)F)cc([N+](=O)[O-])cc2C(F)(F)F)cc1. The Morgan fingerprint density at radius 3 is 0.902 bits per heavy atom. The monoisotopic (exact) mass is 742 g/mol. The van der Waals surface area contributed by atoms with Crippen molar-refractivity contribution in [2.45, 2.75) is 44.0 Å². The number of alkyl halides is 12. The van der Waals surface area contributed by atoms with Crippen LogP contribution in [0.15, 0.2) is 72.8 Å². The molecule has 0 bridgehead atoms. The highest BCUT2D eigenvalue weighted by atomic mass is 19.4. The summed E-state index contributed by atoms with van der Waals surface area (Å²) in [5.41, 5.74) is -11.6. The highest BCUT2D eigenvalue weighted by molar-refractivity contribution is 5.56. The summed E-state index contributed by atoms with van der Waals surface area (Å²) < 4.78 is 174. The van der Waals surface area contributed by atoms with E-state index in [1.54, 1.807) is 13.8 Å². The summed E-state index contributed by atoms with van der Waals surface area (Å²) in [5, 5.41) is 22.1. The highest BCUT2D eigenvalue weighted by Crippen LogP contribution is 2.50. The van der Waals surface area contributed by atoms with Crippen molar-refractivity contribution in [2.75, 3.05) is 0 Å². The zero-order chi connectivity index (χ0) is 38.5. The molecular weight excluding hydrogens is 724 g/mol. The van der Waals surface area contributed by atoms with Crippen LogP contribution in [0.1, 0.15) is 47.2 Å². The maximum Gasteiger partial charge on any atom is 0.420 e. The summed E-state index contributed by atoms with van der Waals surface area (Å²) in [6.07, 6.45) is -22.0. The molecule has 51 heavy (non-hydrogen) atoms. The number of ether oxygens (including phenoxy) is 2. The van der Waals surface area contributed by atoms with Crippen LogP contribution in [0.5, 0.6) is 23.0 Å². The van der Waals surface area contributed by atoms with Gasteiger partial charge in [-0.3, -0.25) is 20.2 Å². The van der Waals surface area contributed by atoms with Crippen LogP contribution >= 0.6 is 0 Å². The molecule has 0 spiro atoms. The van der Waals surface area contributed by atoms with Crippen LogP contribution < -0.4 is 9.47 Å². The van der Waals surface area contributed by atoms with E-state index in [0.29, 0.717) is 11.1 Å². The smallest absolute Gasteiger partial charge is 0.420 e. The fourth-order valence-corrected chi connectivity index (χ4v) is 4.78. The van der Waals surface area contributed by atoms with Crippen LogP contribution in [0.3, 0.4) is 0 Å². The zero-order valence-electron chi connectivity index (χ0n) is 25.3. The van der Waals surface area contributed by atoms with E-state index in [4.69, 9.17) is 9.47 Å². The fourth-order valence-electron chi connectivity index (χ4n) is 4.78. The van der Waals surface area contributed by atoms with Crippen molar-refractivity contribution < 1.29 is 72.0 Å². The van der Waals surface area contributed by atoms with E-state index >= 15 is 0 Å². The molecule has 0 aliphatic carbocycles. The van der Waals surface area contributed by atoms with E-state index < -0.39 is 96.6 Å². The van der Waals surface area contributed by atoms with Crippen molar-refractivity contribution in [1.29, 1.82) is 0 Å². The van der Waals surface area contributed by atoms with Gasteiger partial charge in [-0.1, -0.05) is 38.1 Å². The molecule has 0 aliphatic heterocycles. The lowest BCUT2D eigenvalue weighted by molar-refractivity contribution is -0.385. The summed E-state index contributed by atoms with van der Waals surface area (Å²) in [6.45, 7) is 3.14. The minimum atomic E-state index is -5.50. The fraction of sp³-hybridized carbons (Fsp3) is 0.226. The van der Waals surface area contributed by atoms with Crippen molar-refractivity contribution in [3.05, 3.63) is 126 Å². The van der Waals surface area contributed by atoms with Crippen LogP contribution in [0.2, 0.25) is 0 Å². The maximum atomic E-state index is 13.7. The molecular formula is C31H18F12N2O6. The molecule has 20 heteroatoms. The quantitative estimate of drug-likeness (QED) is 0.101. The lowest BCUT2D eigenvalue weighted by Crippen LogP contribution is -2.19. The van der Waals surface area contributed by atoms with Crippen molar-refractivity contribution in [2.24, 2.45) is 0 Å². The van der Waals surface area contributed by atoms with Gasteiger partial charge < -0.3 is 9.47 Å². The van der Waals surface area contributed by atoms with Crippen molar-refractivity contribution in [3.63, 3.8) is 0 Å². The molecule has 0 radical (unpaired) electrons. The largest absolute Gasteiger partial charge is 0.456 e. The maximum absolute atomic E-state index is 13.7. The molecule has 0 N–H and O–H groups in total. The van der Waals surface area contributed by atoms with Crippen molar-refractivity contribution >= 4 is 11.4 Å². The molecule has 4 aromatic carbocycles. The Bertz CT molecular complexity index is 1760. The average molecular weight is 742 g/mol. The minimum absolute atomic E-state index is 0.106. The summed E-state index contributed by atoms with van der Waals surface area (Å²) in [4.78, 5) is 19.2. The Balaban J connectivity index is 1.67. The third kappa shape index (κ3) is 8.26. The first-order valence-electron chi connectivity index (χ1n) is 13.7. The Labute approximate surface area is 277 Å². The number of benzene rings is 4. The van der Waals surface area contributed by atoms with Crippen molar-refractivity contribution in [1.82, 2.24) is 0 Å². The molecule has 0 atom stereocenters. The Morgan fingerprint density at radius 1 is 0.471 bits per heavy atom. The van der Waals surface area contributed by atoms with Gasteiger partial charge in [0.15, 0.2) is 11.5 Å². The predicted molar refractivity (Wildman–Crippen MR) is 151 cm³/mol. The number of hydrogen-bond acceptors (Lipinski definition) is 6. The number of non-ortho nitro benzene ring substituents is 2. The number of rotatable bonds is 8. The molecule has 0 saturated carbocycles. The van der Waals surface area contributed by atoms with E-state index in [1.807, 2.05) is 0 Å². The molecule has 0 unspecified atom stereocenters. The Hall–Kier alpha value is -5.56. The first-order chi connectivity index (χ1) is 23.2. The Kier molecular flexibility index (Phi) is 9.72. The van der Waals surface area contributed by atoms with Crippen molar-refractivity contribution in [3.8, 4) is 23.0 Å². The lowest BCUT2D eigenvalue weighted by atomic mass is 9.78. The van der Waals surface area contributed by atoms with E-state index in [2.05, 4.69) is 0 Å². The molecule has 0 heterocycles. The summed E-state index contributed by atoms with van der Waals surface area (Å²) in [5.74, 6) is -4.54. The molecule has 0 saturated heterocycles. The van der Waals surface area contributed by atoms with Crippen LogP contribution in [0.4, 0.5) is 64.1 Å². The van der Waals surface area contributed by atoms with Gasteiger partial charge in [0.25, 0.3) is 11.4 Å². The third-order valence-electron chi connectivity index (χ3n) is 7.38.